The van der Waals surface area contributed by atoms with E-state index in [4.69, 9.17) is 5.11 Å². The number of aliphatic hydroxyl groups excluding tert-OH is 1. The van der Waals surface area contributed by atoms with E-state index in [1.807, 2.05) is 6.07 Å². The van der Waals surface area contributed by atoms with Crippen LogP contribution in [0, 0.1) is 5.82 Å². The number of aromatic nitrogens is 2. The van der Waals surface area contributed by atoms with Crippen LogP contribution < -0.4 is 0 Å². The highest BCUT2D eigenvalue weighted by Gasteiger charge is 2.27. The molecule has 2 aromatic rings. The van der Waals surface area contributed by atoms with E-state index in [-0.39, 0.29) is 29.7 Å². The van der Waals surface area contributed by atoms with Gasteiger partial charge in [-0.25, -0.2) is 4.39 Å². The Balaban J connectivity index is 1.66. The molecule has 1 fully saturated rings. The summed E-state index contributed by atoms with van der Waals surface area (Å²) in [6.45, 7) is 1.62. The number of phenolic OH excluding ortho intramolecular Hbond substituents is 1. The van der Waals surface area contributed by atoms with Crippen molar-refractivity contribution in [2.45, 2.75) is 25.3 Å². The number of piperidine rings is 1. The largest absolute Gasteiger partial charge is 0.507 e. The molecule has 0 unspecified atom stereocenters. The van der Waals surface area contributed by atoms with Crippen molar-refractivity contribution in [1.82, 2.24) is 14.7 Å². The van der Waals surface area contributed by atoms with E-state index in [1.54, 1.807) is 15.8 Å². The first-order valence-electron chi connectivity index (χ1n) is 8.00. The van der Waals surface area contributed by atoms with Gasteiger partial charge in [-0.05, 0) is 31.0 Å². The third-order valence-electron chi connectivity index (χ3n) is 4.45. The minimum Gasteiger partial charge on any atom is -0.507 e. The molecule has 128 valence electrons. The molecule has 0 saturated carbocycles. The first kappa shape index (κ1) is 16.4. The molecular formula is C17H20FN3O3. The molecule has 0 atom stereocenters. The molecule has 24 heavy (non-hydrogen) atoms. The Bertz CT molecular complexity index is 724. The molecular weight excluding hydrogens is 313 g/mol. The maximum atomic E-state index is 13.1. The van der Waals surface area contributed by atoms with Crippen LogP contribution in [0.1, 0.15) is 34.8 Å². The zero-order valence-electron chi connectivity index (χ0n) is 13.2. The summed E-state index contributed by atoms with van der Waals surface area (Å²) in [5.74, 6) is -0.900. The predicted octanol–water partition coefficient (Wildman–Crippen LogP) is 1.74. The maximum Gasteiger partial charge on any atom is 0.257 e. The molecule has 0 radical (unpaired) electrons. The minimum absolute atomic E-state index is 0.0376. The molecule has 1 amide bonds. The number of halogens is 1. The van der Waals surface area contributed by atoms with Gasteiger partial charge in [-0.2, -0.15) is 5.10 Å². The molecule has 1 saturated heterocycles. The predicted molar refractivity (Wildman–Crippen MR) is 85.3 cm³/mol. The number of rotatable bonds is 4. The van der Waals surface area contributed by atoms with Gasteiger partial charge in [-0.15, -0.1) is 0 Å². The molecule has 7 heteroatoms. The quantitative estimate of drug-likeness (QED) is 0.893. The van der Waals surface area contributed by atoms with Crippen LogP contribution in [-0.2, 0) is 6.54 Å². The van der Waals surface area contributed by atoms with Crippen LogP contribution >= 0.6 is 0 Å². The smallest absolute Gasteiger partial charge is 0.257 e. The molecule has 2 heterocycles. The van der Waals surface area contributed by atoms with Gasteiger partial charge >= 0.3 is 0 Å². The summed E-state index contributed by atoms with van der Waals surface area (Å²) in [4.78, 5) is 14.2. The zero-order valence-corrected chi connectivity index (χ0v) is 13.2. The van der Waals surface area contributed by atoms with Crippen LogP contribution in [0.25, 0.3) is 0 Å². The van der Waals surface area contributed by atoms with E-state index < -0.39 is 5.82 Å². The fourth-order valence-electron chi connectivity index (χ4n) is 3.21. The third-order valence-corrected chi connectivity index (χ3v) is 4.45. The van der Waals surface area contributed by atoms with Crippen molar-refractivity contribution in [2.75, 3.05) is 19.7 Å². The van der Waals surface area contributed by atoms with Gasteiger partial charge in [-0.3, -0.25) is 9.48 Å². The zero-order chi connectivity index (χ0) is 17.1. The van der Waals surface area contributed by atoms with E-state index in [0.717, 1.165) is 24.6 Å². The average molecular weight is 333 g/mol. The molecule has 1 aliphatic heterocycles. The lowest BCUT2D eigenvalue weighted by molar-refractivity contribution is 0.0708. The molecule has 1 aromatic carbocycles. The Kier molecular flexibility index (Phi) is 4.80. The summed E-state index contributed by atoms with van der Waals surface area (Å²) in [7, 11) is 0. The second kappa shape index (κ2) is 7.00. The van der Waals surface area contributed by atoms with Crippen molar-refractivity contribution in [3.8, 4) is 5.75 Å². The Hall–Kier alpha value is -2.41. The van der Waals surface area contributed by atoms with Gasteiger partial charge in [0.05, 0.1) is 18.7 Å². The topological polar surface area (TPSA) is 78.6 Å². The van der Waals surface area contributed by atoms with Crippen LogP contribution in [0.3, 0.4) is 0 Å². The number of carbonyl (C=O) groups excluding carboxylic acids is 1. The number of phenols is 1. The van der Waals surface area contributed by atoms with Gasteiger partial charge in [0.1, 0.15) is 11.6 Å². The summed E-state index contributed by atoms with van der Waals surface area (Å²) in [5, 5.41) is 23.1. The number of nitrogens with zero attached hydrogens (tertiary/aromatic N) is 3. The van der Waals surface area contributed by atoms with Crippen molar-refractivity contribution >= 4 is 5.91 Å². The molecule has 6 nitrogen and oxygen atoms in total. The number of hydrogen-bond acceptors (Lipinski definition) is 4. The SMILES string of the molecule is O=C(c1ccc(F)cc1O)N1CCC(c2ccnn2CCO)CC1. The average Bonchev–Trinajstić information content (AvgIpc) is 3.03. The fraction of sp³-hybridized carbons (Fsp3) is 0.412. The van der Waals surface area contributed by atoms with E-state index in [9.17, 15) is 14.3 Å². The Morgan fingerprint density at radius 3 is 2.71 bits per heavy atom. The minimum atomic E-state index is -0.570. The number of hydrogen-bond donors (Lipinski definition) is 2. The van der Waals surface area contributed by atoms with Crippen molar-refractivity contribution in [1.29, 1.82) is 0 Å². The van der Waals surface area contributed by atoms with E-state index in [0.29, 0.717) is 19.6 Å². The maximum absolute atomic E-state index is 13.1. The Labute approximate surface area is 139 Å². The molecule has 1 aliphatic rings. The number of carbonyl (C=O) groups is 1. The van der Waals surface area contributed by atoms with E-state index in [2.05, 4.69) is 5.10 Å². The molecule has 2 N–H and O–H groups in total. The lowest BCUT2D eigenvalue weighted by Gasteiger charge is -2.32. The van der Waals surface area contributed by atoms with Crippen molar-refractivity contribution in [2.24, 2.45) is 0 Å². The van der Waals surface area contributed by atoms with Crippen LogP contribution in [-0.4, -0.2) is 50.5 Å². The summed E-state index contributed by atoms with van der Waals surface area (Å²) in [6, 6.07) is 5.39. The van der Waals surface area contributed by atoms with Gasteiger partial charge in [0.2, 0.25) is 0 Å². The van der Waals surface area contributed by atoms with E-state index in [1.165, 1.54) is 12.1 Å². The highest BCUT2D eigenvalue weighted by molar-refractivity contribution is 5.96. The summed E-state index contributed by atoms with van der Waals surface area (Å²) in [5.41, 5.74) is 1.20. The van der Waals surface area contributed by atoms with Gasteiger partial charge in [0.15, 0.2) is 0 Å². The number of benzene rings is 1. The Morgan fingerprint density at radius 1 is 1.29 bits per heavy atom. The van der Waals surface area contributed by atoms with Crippen LogP contribution in [0.5, 0.6) is 5.75 Å². The summed E-state index contributed by atoms with van der Waals surface area (Å²) in [6.07, 6.45) is 3.29. The number of aromatic hydroxyl groups is 1. The van der Waals surface area contributed by atoms with Gasteiger partial charge < -0.3 is 15.1 Å². The van der Waals surface area contributed by atoms with Crippen LogP contribution in [0.4, 0.5) is 4.39 Å². The van der Waals surface area contributed by atoms with Crippen LogP contribution in [0.2, 0.25) is 0 Å². The summed E-state index contributed by atoms with van der Waals surface area (Å²) >= 11 is 0. The van der Waals surface area contributed by atoms with Gasteiger partial charge in [0, 0.05) is 37.0 Å². The van der Waals surface area contributed by atoms with Crippen molar-refractivity contribution < 1.29 is 19.4 Å². The molecule has 0 bridgehead atoms. The Morgan fingerprint density at radius 2 is 2.04 bits per heavy atom. The number of amides is 1. The second-order valence-electron chi connectivity index (χ2n) is 5.93. The fourth-order valence-corrected chi connectivity index (χ4v) is 3.21. The molecule has 0 spiro atoms. The highest BCUT2D eigenvalue weighted by atomic mass is 19.1. The summed E-state index contributed by atoms with van der Waals surface area (Å²) < 4.78 is 14.9. The van der Waals surface area contributed by atoms with Gasteiger partial charge in [-0.1, -0.05) is 0 Å². The first-order valence-corrected chi connectivity index (χ1v) is 8.00. The number of likely N-dealkylation sites (tertiary alicyclic amines) is 1. The van der Waals surface area contributed by atoms with Crippen LogP contribution in [0.15, 0.2) is 30.5 Å². The monoisotopic (exact) mass is 333 g/mol. The number of aliphatic hydroxyl groups is 1. The molecule has 1 aromatic heterocycles. The lowest BCUT2D eigenvalue weighted by Crippen LogP contribution is -2.38. The molecule has 3 rings (SSSR count). The van der Waals surface area contributed by atoms with Gasteiger partial charge in [0.25, 0.3) is 5.91 Å². The van der Waals surface area contributed by atoms with E-state index >= 15 is 0 Å². The highest BCUT2D eigenvalue weighted by Crippen LogP contribution is 2.29. The normalized spacial score (nSPS) is 15.7. The lowest BCUT2D eigenvalue weighted by atomic mass is 9.93. The van der Waals surface area contributed by atoms with Crippen molar-refractivity contribution in [3.63, 3.8) is 0 Å². The van der Waals surface area contributed by atoms with Crippen molar-refractivity contribution in [3.05, 3.63) is 47.5 Å². The molecule has 0 aliphatic carbocycles. The standard InChI is InChI=1S/C17H20FN3O3/c18-13-1-2-14(16(23)11-13)17(24)20-7-4-12(5-8-20)15-3-6-19-21(15)9-10-22/h1-3,6,11-12,22-23H,4-5,7-10H2. The first-order chi connectivity index (χ1) is 11.6. The second-order valence-corrected chi connectivity index (χ2v) is 5.93. The third kappa shape index (κ3) is 3.26.